The van der Waals surface area contributed by atoms with E-state index in [9.17, 15) is 15.2 Å². The lowest BCUT2D eigenvalue weighted by Gasteiger charge is -2.29. The topological polar surface area (TPSA) is 82.2 Å². The largest absolute Gasteiger partial charge is 0.391 e. The van der Waals surface area contributed by atoms with Gasteiger partial charge >= 0.3 is 0 Å². The molecule has 1 saturated heterocycles. The zero-order valence-corrected chi connectivity index (χ0v) is 15.7. The van der Waals surface area contributed by atoms with Gasteiger partial charge in [-0.25, -0.2) is 4.98 Å². The number of hydrogen-bond acceptors (Lipinski definition) is 6. The first-order valence-electron chi connectivity index (χ1n) is 9.08. The first-order valence-corrected chi connectivity index (χ1v) is 9.90. The average molecular weight is 380 g/mol. The number of aromatic nitrogens is 2. The zero-order chi connectivity index (χ0) is 18.8. The Bertz CT molecular complexity index is 1070. The van der Waals surface area contributed by atoms with Gasteiger partial charge in [0.15, 0.2) is 0 Å². The van der Waals surface area contributed by atoms with Gasteiger partial charge in [-0.15, -0.1) is 11.3 Å². The van der Waals surface area contributed by atoms with E-state index in [0.29, 0.717) is 28.3 Å². The quantitative estimate of drug-likeness (QED) is 0.753. The number of piperidine rings is 1. The van der Waals surface area contributed by atoms with Gasteiger partial charge in [-0.1, -0.05) is 18.2 Å². The Kier molecular flexibility index (Phi) is 4.92. The SMILES string of the molecule is N#Cc1ccccc1Cn1c(N2CCCCC2)nc2cc(CO)sc2c1=O. The van der Waals surface area contributed by atoms with Gasteiger partial charge in [0.2, 0.25) is 5.95 Å². The van der Waals surface area contributed by atoms with E-state index in [-0.39, 0.29) is 12.2 Å². The van der Waals surface area contributed by atoms with E-state index in [4.69, 9.17) is 4.98 Å². The number of aliphatic hydroxyl groups excluding tert-OH is 1. The van der Waals surface area contributed by atoms with Crippen molar-refractivity contribution in [1.29, 1.82) is 5.26 Å². The van der Waals surface area contributed by atoms with Crippen molar-refractivity contribution in [2.75, 3.05) is 18.0 Å². The van der Waals surface area contributed by atoms with Gasteiger partial charge in [-0.05, 0) is 37.0 Å². The number of thiophene rings is 1. The summed E-state index contributed by atoms with van der Waals surface area (Å²) >= 11 is 1.28. The summed E-state index contributed by atoms with van der Waals surface area (Å²) < 4.78 is 2.23. The van der Waals surface area contributed by atoms with E-state index < -0.39 is 0 Å². The van der Waals surface area contributed by atoms with Crippen molar-refractivity contribution < 1.29 is 5.11 Å². The van der Waals surface area contributed by atoms with Crippen LogP contribution in [0.1, 0.15) is 35.3 Å². The molecular weight excluding hydrogens is 360 g/mol. The highest BCUT2D eigenvalue weighted by molar-refractivity contribution is 7.18. The van der Waals surface area contributed by atoms with Crippen LogP contribution >= 0.6 is 11.3 Å². The number of hydrogen-bond donors (Lipinski definition) is 1. The van der Waals surface area contributed by atoms with Crippen molar-refractivity contribution in [2.45, 2.75) is 32.4 Å². The fraction of sp³-hybridized carbons (Fsp3) is 0.350. The molecule has 1 fully saturated rings. The molecule has 2 aromatic heterocycles. The predicted molar refractivity (Wildman–Crippen MR) is 106 cm³/mol. The van der Waals surface area contributed by atoms with Crippen LogP contribution in [0.2, 0.25) is 0 Å². The summed E-state index contributed by atoms with van der Waals surface area (Å²) in [5.74, 6) is 0.655. The first kappa shape index (κ1) is 17.7. The van der Waals surface area contributed by atoms with Gasteiger partial charge in [0, 0.05) is 18.0 Å². The Hall–Kier alpha value is -2.69. The van der Waals surface area contributed by atoms with Crippen LogP contribution in [0.3, 0.4) is 0 Å². The van der Waals surface area contributed by atoms with Crippen molar-refractivity contribution >= 4 is 27.5 Å². The number of rotatable bonds is 4. The first-order chi connectivity index (χ1) is 13.2. The average Bonchev–Trinajstić information content (AvgIpc) is 3.14. The van der Waals surface area contributed by atoms with Gasteiger partial charge in [-0.2, -0.15) is 5.26 Å². The number of fused-ring (bicyclic) bond motifs is 1. The lowest BCUT2D eigenvalue weighted by atomic mass is 10.1. The molecule has 4 rings (SSSR count). The molecule has 0 radical (unpaired) electrons. The van der Waals surface area contributed by atoms with E-state index in [0.717, 1.165) is 36.4 Å². The zero-order valence-electron chi connectivity index (χ0n) is 14.9. The molecule has 3 aromatic rings. The summed E-state index contributed by atoms with van der Waals surface area (Å²) in [4.78, 5) is 20.9. The van der Waals surface area contributed by atoms with Crippen molar-refractivity contribution in [2.24, 2.45) is 0 Å². The van der Waals surface area contributed by atoms with Crippen LogP contribution in [0.15, 0.2) is 35.1 Å². The summed E-state index contributed by atoms with van der Waals surface area (Å²) in [6.45, 7) is 1.95. The van der Waals surface area contributed by atoms with Gasteiger partial charge in [0.05, 0.1) is 30.3 Å². The summed E-state index contributed by atoms with van der Waals surface area (Å²) in [6, 6.07) is 11.3. The third-order valence-electron chi connectivity index (χ3n) is 4.93. The van der Waals surface area contributed by atoms with E-state index in [2.05, 4.69) is 11.0 Å². The van der Waals surface area contributed by atoms with Crippen LogP contribution in [0.5, 0.6) is 0 Å². The van der Waals surface area contributed by atoms with Gasteiger partial charge in [0.25, 0.3) is 5.56 Å². The van der Waals surface area contributed by atoms with Crippen LogP contribution in [0.4, 0.5) is 5.95 Å². The molecule has 0 saturated carbocycles. The van der Waals surface area contributed by atoms with Crippen LogP contribution < -0.4 is 10.5 Å². The Balaban J connectivity index is 1.89. The molecule has 3 heterocycles. The van der Waals surface area contributed by atoms with Crippen molar-refractivity contribution in [3.05, 3.63) is 56.7 Å². The highest BCUT2D eigenvalue weighted by Gasteiger charge is 2.21. The van der Waals surface area contributed by atoms with Gasteiger partial charge < -0.3 is 10.0 Å². The summed E-state index contributed by atoms with van der Waals surface area (Å²) in [5.41, 5.74) is 1.90. The lowest BCUT2D eigenvalue weighted by Crippen LogP contribution is -2.36. The van der Waals surface area contributed by atoms with Crippen LogP contribution in [0, 0.1) is 11.3 Å². The van der Waals surface area contributed by atoms with Crippen molar-refractivity contribution in [1.82, 2.24) is 9.55 Å². The Morgan fingerprint density at radius 2 is 2.00 bits per heavy atom. The molecule has 0 aliphatic carbocycles. The summed E-state index contributed by atoms with van der Waals surface area (Å²) in [5, 5.41) is 18.8. The second-order valence-electron chi connectivity index (χ2n) is 6.70. The molecule has 0 spiro atoms. The molecule has 0 unspecified atom stereocenters. The maximum atomic E-state index is 13.3. The third kappa shape index (κ3) is 3.34. The molecule has 6 nitrogen and oxygen atoms in total. The normalized spacial score (nSPS) is 14.4. The molecule has 0 atom stereocenters. The fourth-order valence-corrected chi connectivity index (χ4v) is 4.45. The minimum absolute atomic E-state index is 0.100. The van der Waals surface area contributed by atoms with Gasteiger partial charge in [0.1, 0.15) is 4.70 Å². The number of nitriles is 1. The van der Waals surface area contributed by atoms with Crippen LogP contribution in [-0.2, 0) is 13.2 Å². The molecule has 0 bridgehead atoms. The smallest absolute Gasteiger partial charge is 0.273 e. The van der Waals surface area contributed by atoms with Crippen molar-refractivity contribution in [3.63, 3.8) is 0 Å². The number of nitrogens with zero attached hydrogens (tertiary/aromatic N) is 4. The van der Waals surface area contributed by atoms with Crippen molar-refractivity contribution in [3.8, 4) is 6.07 Å². The molecule has 1 aromatic carbocycles. The number of aliphatic hydroxyl groups is 1. The highest BCUT2D eigenvalue weighted by atomic mass is 32.1. The second-order valence-corrected chi connectivity index (χ2v) is 7.84. The third-order valence-corrected chi connectivity index (χ3v) is 6.02. The summed E-state index contributed by atoms with van der Waals surface area (Å²) in [6.07, 6.45) is 3.34. The molecule has 1 N–H and O–H groups in total. The van der Waals surface area contributed by atoms with E-state index in [1.165, 1.54) is 17.8 Å². The number of anilines is 1. The van der Waals surface area contributed by atoms with E-state index in [1.54, 1.807) is 16.7 Å². The molecular formula is C20H20N4O2S. The fourth-order valence-electron chi connectivity index (χ4n) is 3.54. The minimum atomic E-state index is -0.113. The Morgan fingerprint density at radius 3 is 2.74 bits per heavy atom. The lowest BCUT2D eigenvalue weighted by molar-refractivity contribution is 0.285. The standard InChI is InChI=1S/C20H20N4O2S/c21-11-14-6-2-3-7-15(14)12-24-19(26)18-17(10-16(13-25)27-18)22-20(24)23-8-4-1-5-9-23/h2-3,6-7,10,25H,1,4-5,8-9,12-13H2. The van der Waals surface area contributed by atoms with Gasteiger partial charge in [-0.3, -0.25) is 9.36 Å². The van der Waals surface area contributed by atoms with E-state index in [1.807, 2.05) is 18.2 Å². The molecule has 27 heavy (non-hydrogen) atoms. The molecule has 138 valence electrons. The van der Waals surface area contributed by atoms with E-state index >= 15 is 0 Å². The molecule has 7 heteroatoms. The predicted octanol–water partition coefficient (Wildman–Crippen LogP) is 2.86. The maximum Gasteiger partial charge on any atom is 0.273 e. The van der Waals surface area contributed by atoms with Crippen LogP contribution in [-0.4, -0.2) is 27.7 Å². The second kappa shape index (κ2) is 7.51. The Labute approximate surface area is 160 Å². The number of benzene rings is 1. The molecule has 1 aliphatic rings. The summed E-state index contributed by atoms with van der Waals surface area (Å²) in [7, 11) is 0. The Morgan fingerprint density at radius 1 is 1.22 bits per heavy atom. The monoisotopic (exact) mass is 380 g/mol. The minimum Gasteiger partial charge on any atom is -0.391 e. The highest BCUT2D eigenvalue weighted by Crippen LogP contribution is 2.26. The maximum absolute atomic E-state index is 13.3. The van der Waals surface area contributed by atoms with Crippen LogP contribution in [0.25, 0.3) is 10.2 Å². The molecule has 1 aliphatic heterocycles. The molecule has 0 amide bonds.